The van der Waals surface area contributed by atoms with Crippen molar-refractivity contribution in [2.24, 2.45) is 4.99 Å². The number of aryl methyl sites for hydroxylation is 1. The molecule has 172 valence electrons. The van der Waals surface area contributed by atoms with Crippen molar-refractivity contribution in [1.29, 1.82) is 0 Å². The van der Waals surface area contributed by atoms with Gasteiger partial charge in [-0.1, -0.05) is 0 Å². The third kappa shape index (κ3) is 5.58. The van der Waals surface area contributed by atoms with Gasteiger partial charge in [0.15, 0.2) is 5.96 Å². The average molecular weight is 434 g/mol. The number of furan rings is 1. The van der Waals surface area contributed by atoms with Gasteiger partial charge in [-0.3, -0.25) is 9.69 Å². The molecule has 0 bridgehead atoms. The lowest BCUT2D eigenvalue weighted by molar-refractivity contribution is -0.135. The summed E-state index contributed by atoms with van der Waals surface area (Å²) in [4.78, 5) is 35.7. The number of ether oxygens (including phenoxy) is 1. The Labute approximate surface area is 184 Å². The Hall–Kier alpha value is -2.55. The molecular formula is C22H35N5O4. The highest BCUT2D eigenvalue weighted by molar-refractivity contribution is 5.90. The van der Waals surface area contributed by atoms with E-state index in [1.807, 2.05) is 18.7 Å². The Kier molecular flexibility index (Phi) is 7.95. The Morgan fingerprint density at radius 2 is 1.84 bits per heavy atom. The van der Waals surface area contributed by atoms with Crippen LogP contribution in [0.5, 0.6) is 0 Å². The van der Waals surface area contributed by atoms with Gasteiger partial charge in [0, 0.05) is 45.8 Å². The summed E-state index contributed by atoms with van der Waals surface area (Å²) < 4.78 is 10.5. The largest absolute Gasteiger partial charge is 0.465 e. The standard InChI is InChI=1S/C22H35N5O4/c1-5-23-22(24-15-18-14-19(17(3)31-18)21(29)30-4)27-12-10-25(11-13-27)16(2)20(28)26-8-6-7-9-26/h14,16H,5-13,15H2,1-4H3,(H,23,24). The second-order valence-electron chi connectivity index (χ2n) is 8.08. The lowest BCUT2D eigenvalue weighted by atomic mass is 10.2. The van der Waals surface area contributed by atoms with Gasteiger partial charge in [0.25, 0.3) is 0 Å². The number of aliphatic imine (C=N–C) groups is 1. The number of hydrogen-bond donors (Lipinski definition) is 1. The minimum absolute atomic E-state index is 0.0809. The molecule has 3 rings (SSSR count). The number of hydrogen-bond acceptors (Lipinski definition) is 6. The van der Waals surface area contributed by atoms with Gasteiger partial charge in [0.2, 0.25) is 5.91 Å². The van der Waals surface area contributed by atoms with Gasteiger partial charge in [0.1, 0.15) is 23.6 Å². The normalized spacial score (nSPS) is 18.9. The van der Waals surface area contributed by atoms with Crippen molar-refractivity contribution in [2.75, 3.05) is 52.9 Å². The Morgan fingerprint density at radius 1 is 1.16 bits per heavy atom. The van der Waals surface area contributed by atoms with E-state index in [0.29, 0.717) is 23.6 Å². The molecule has 1 atom stereocenters. The Bertz CT molecular complexity index is 792. The Morgan fingerprint density at radius 3 is 2.45 bits per heavy atom. The van der Waals surface area contributed by atoms with Gasteiger partial charge in [0.05, 0.1) is 13.2 Å². The van der Waals surface area contributed by atoms with Gasteiger partial charge in [-0.05, 0) is 39.7 Å². The number of likely N-dealkylation sites (tertiary alicyclic amines) is 1. The van der Waals surface area contributed by atoms with Gasteiger partial charge < -0.3 is 24.3 Å². The van der Waals surface area contributed by atoms with Gasteiger partial charge in [-0.15, -0.1) is 0 Å². The van der Waals surface area contributed by atoms with E-state index >= 15 is 0 Å². The third-order valence-electron chi connectivity index (χ3n) is 6.03. The van der Waals surface area contributed by atoms with E-state index in [2.05, 4.69) is 15.1 Å². The molecule has 2 saturated heterocycles. The van der Waals surface area contributed by atoms with Crippen molar-refractivity contribution in [3.05, 3.63) is 23.2 Å². The SMILES string of the molecule is CCNC(=NCc1cc(C(=O)OC)c(C)o1)N1CCN(C(C)C(=O)N2CCCC2)CC1. The predicted molar refractivity (Wildman–Crippen MR) is 118 cm³/mol. The monoisotopic (exact) mass is 433 g/mol. The maximum Gasteiger partial charge on any atom is 0.341 e. The van der Waals surface area contributed by atoms with Crippen LogP contribution >= 0.6 is 0 Å². The van der Waals surface area contributed by atoms with Crippen LogP contribution in [-0.2, 0) is 16.1 Å². The van der Waals surface area contributed by atoms with E-state index in [-0.39, 0.29) is 11.9 Å². The van der Waals surface area contributed by atoms with Crippen molar-refractivity contribution >= 4 is 17.8 Å². The lowest BCUT2D eigenvalue weighted by Gasteiger charge is -2.39. The molecule has 3 heterocycles. The number of rotatable bonds is 6. The van der Waals surface area contributed by atoms with Crippen LogP contribution in [0, 0.1) is 6.92 Å². The van der Waals surface area contributed by atoms with E-state index in [1.165, 1.54) is 7.11 Å². The summed E-state index contributed by atoms with van der Waals surface area (Å²) in [5.41, 5.74) is 0.433. The number of carbonyl (C=O) groups excluding carboxylic acids is 2. The van der Waals surface area contributed by atoms with Crippen molar-refractivity contribution in [3.63, 3.8) is 0 Å². The smallest absolute Gasteiger partial charge is 0.341 e. The maximum absolute atomic E-state index is 12.7. The molecular weight excluding hydrogens is 398 g/mol. The first-order valence-corrected chi connectivity index (χ1v) is 11.2. The van der Waals surface area contributed by atoms with Crippen LogP contribution in [0.3, 0.4) is 0 Å². The molecule has 2 aliphatic heterocycles. The summed E-state index contributed by atoms with van der Waals surface area (Å²) in [7, 11) is 1.36. The van der Waals surface area contributed by atoms with E-state index in [4.69, 9.17) is 14.1 Å². The van der Waals surface area contributed by atoms with Crippen molar-refractivity contribution in [3.8, 4) is 0 Å². The third-order valence-corrected chi connectivity index (χ3v) is 6.03. The first-order chi connectivity index (χ1) is 14.9. The number of nitrogens with one attached hydrogen (secondary N) is 1. The molecule has 0 saturated carbocycles. The summed E-state index contributed by atoms with van der Waals surface area (Å²) in [6.45, 7) is 11.9. The van der Waals surface area contributed by atoms with Crippen LogP contribution in [0.25, 0.3) is 0 Å². The molecule has 0 spiro atoms. The van der Waals surface area contributed by atoms with Crippen LogP contribution in [0.4, 0.5) is 0 Å². The topological polar surface area (TPSA) is 90.6 Å². The van der Waals surface area contributed by atoms with Crippen LogP contribution in [0.15, 0.2) is 15.5 Å². The summed E-state index contributed by atoms with van der Waals surface area (Å²) in [6, 6.07) is 1.61. The summed E-state index contributed by atoms with van der Waals surface area (Å²) >= 11 is 0. The molecule has 9 heteroatoms. The van der Waals surface area contributed by atoms with Crippen molar-refractivity contribution in [1.82, 2.24) is 20.0 Å². The number of piperazine rings is 1. The highest BCUT2D eigenvalue weighted by atomic mass is 16.5. The number of esters is 1. The summed E-state index contributed by atoms with van der Waals surface area (Å²) in [6.07, 6.45) is 2.23. The Balaban J connectivity index is 1.58. The van der Waals surface area contributed by atoms with Crippen LogP contribution < -0.4 is 5.32 Å². The molecule has 1 amide bonds. The van der Waals surface area contributed by atoms with E-state index < -0.39 is 5.97 Å². The minimum atomic E-state index is -0.405. The molecule has 1 unspecified atom stereocenters. The summed E-state index contributed by atoms with van der Waals surface area (Å²) in [5, 5.41) is 3.34. The predicted octanol–water partition coefficient (Wildman–Crippen LogP) is 1.47. The second-order valence-corrected chi connectivity index (χ2v) is 8.08. The molecule has 2 fully saturated rings. The highest BCUT2D eigenvalue weighted by Gasteiger charge is 2.30. The zero-order chi connectivity index (χ0) is 22.4. The fourth-order valence-corrected chi connectivity index (χ4v) is 4.19. The number of guanidine groups is 1. The number of carbonyl (C=O) groups is 2. The van der Waals surface area contributed by atoms with Crippen LogP contribution in [-0.4, -0.2) is 91.5 Å². The zero-order valence-corrected chi connectivity index (χ0v) is 19.1. The van der Waals surface area contributed by atoms with Gasteiger partial charge >= 0.3 is 5.97 Å². The molecule has 1 aromatic heterocycles. The fraction of sp³-hybridized carbons (Fsp3) is 0.682. The minimum Gasteiger partial charge on any atom is -0.465 e. The number of methoxy groups -OCH3 is 1. The zero-order valence-electron chi connectivity index (χ0n) is 19.1. The first kappa shape index (κ1) is 23.1. The van der Waals surface area contributed by atoms with Crippen LogP contribution in [0.1, 0.15) is 48.6 Å². The first-order valence-electron chi connectivity index (χ1n) is 11.2. The molecule has 1 aromatic rings. The fourth-order valence-electron chi connectivity index (χ4n) is 4.19. The average Bonchev–Trinajstić information content (AvgIpc) is 3.45. The molecule has 31 heavy (non-hydrogen) atoms. The van der Waals surface area contributed by atoms with Crippen molar-refractivity contribution in [2.45, 2.75) is 46.2 Å². The maximum atomic E-state index is 12.7. The lowest BCUT2D eigenvalue weighted by Crippen LogP contribution is -2.57. The molecule has 0 aromatic carbocycles. The van der Waals surface area contributed by atoms with Crippen LogP contribution in [0.2, 0.25) is 0 Å². The molecule has 9 nitrogen and oxygen atoms in total. The summed E-state index contributed by atoms with van der Waals surface area (Å²) in [5.74, 6) is 1.82. The second kappa shape index (κ2) is 10.7. The molecule has 0 aliphatic carbocycles. The quantitative estimate of drug-likeness (QED) is 0.413. The van der Waals surface area contributed by atoms with Crippen molar-refractivity contribution < 1.29 is 18.7 Å². The van der Waals surface area contributed by atoms with E-state index in [0.717, 1.165) is 64.6 Å². The molecule has 2 aliphatic rings. The number of amides is 1. The van der Waals surface area contributed by atoms with E-state index in [1.54, 1.807) is 13.0 Å². The van der Waals surface area contributed by atoms with Gasteiger partial charge in [-0.25, -0.2) is 9.79 Å². The number of nitrogens with zero attached hydrogens (tertiary/aromatic N) is 4. The molecule has 0 radical (unpaired) electrons. The molecule has 1 N–H and O–H groups in total. The highest BCUT2D eigenvalue weighted by Crippen LogP contribution is 2.17. The van der Waals surface area contributed by atoms with E-state index in [9.17, 15) is 9.59 Å². The van der Waals surface area contributed by atoms with Gasteiger partial charge in [-0.2, -0.15) is 0 Å².